The topological polar surface area (TPSA) is 49.2 Å². The molecule has 0 amide bonds. The molecule has 0 aromatic carbocycles. The standard InChI is InChI=1S/C11H14ClN3OS/c1-6(2)15-8(16)5-4-7-9(12)13-11(17-3)14-10(7)15/h4-6,8,16H,1-3H3. The van der Waals surface area contributed by atoms with Crippen LogP contribution in [0.3, 0.4) is 0 Å². The quantitative estimate of drug-likeness (QED) is 0.509. The second kappa shape index (κ2) is 4.84. The van der Waals surface area contributed by atoms with Crippen LogP contribution >= 0.6 is 23.4 Å². The van der Waals surface area contributed by atoms with Crippen LogP contribution in [0.5, 0.6) is 0 Å². The first-order valence-electron chi connectivity index (χ1n) is 5.30. The zero-order valence-electron chi connectivity index (χ0n) is 9.88. The molecule has 1 atom stereocenters. The van der Waals surface area contributed by atoms with Gasteiger partial charge in [0.1, 0.15) is 17.2 Å². The number of anilines is 1. The van der Waals surface area contributed by atoms with Crippen LogP contribution in [-0.4, -0.2) is 33.6 Å². The summed E-state index contributed by atoms with van der Waals surface area (Å²) in [5.41, 5.74) is 0.767. The Balaban J connectivity index is 2.58. The van der Waals surface area contributed by atoms with Gasteiger partial charge in [0, 0.05) is 6.04 Å². The number of aromatic nitrogens is 2. The number of aliphatic hydroxyl groups excluding tert-OH is 1. The minimum atomic E-state index is -0.664. The van der Waals surface area contributed by atoms with Crippen LogP contribution < -0.4 is 4.90 Å². The fraction of sp³-hybridized carbons (Fsp3) is 0.455. The van der Waals surface area contributed by atoms with Gasteiger partial charge in [0.25, 0.3) is 0 Å². The highest BCUT2D eigenvalue weighted by atomic mass is 35.5. The Kier molecular flexibility index (Phi) is 3.61. The summed E-state index contributed by atoms with van der Waals surface area (Å²) >= 11 is 7.55. The maximum absolute atomic E-state index is 9.97. The molecular weight excluding hydrogens is 258 g/mol. The lowest BCUT2D eigenvalue weighted by molar-refractivity contribution is 0.206. The van der Waals surface area contributed by atoms with Crippen LogP contribution in [0.15, 0.2) is 11.2 Å². The Hall–Kier alpha value is -0.780. The van der Waals surface area contributed by atoms with Gasteiger partial charge < -0.3 is 10.0 Å². The number of nitrogens with zero attached hydrogens (tertiary/aromatic N) is 3. The van der Waals surface area contributed by atoms with Gasteiger partial charge in [0.2, 0.25) is 0 Å². The van der Waals surface area contributed by atoms with Crippen molar-refractivity contribution in [2.75, 3.05) is 11.2 Å². The highest BCUT2D eigenvalue weighted by molar-refractivity contribution is 7.98. The monoisotopic (exact) mass is 271 g/mol. The van der Waals surface area contributed by atoms with Crippen molar-refractivity contribution in [3.05, 3.63) is 16.8 Å². The lowest BCUT2D eigenvalue weighted by Crippen LogP contribution is -2.42. The van der Waals surface area contributed by atoms with Crippen molar-refractivity contribution >= 4 is 35.3 Å². The van der Waals surface area contributed by atoms with Gasteiger partial charge in [0.05, 0.1) is 5.56 Å². The van der Waals surface area contributed by atoms with E-state index in [2.05, 4.69) is 9.97 Å². The van der Waals surface area contributed by atoms with Gasteiger partial charge in [-0.05, 0) is 32.3 Å². The molecule has 1 unspecified atom stereocenters. The Morgan fingerprint density at radius 2 is 2.18 bits per heavy atom. The maximum Gasteiger partial charge on any atom is 0.190 e. The van der Waals surface area contributed by atoms with E-state index in [1.54, 1.807) is 12.2 Å². The number of hydrogen-bond donors (Lipinski definition) is 1. The van der Waals surface area contributed by atoms with Crippen molar-refractivity contribution in [3.63, 3.8) is 0 Å². The van der Waals surface area contributed by atoms with E-state index in [1.165, 1.54) is 11.8 Å². The molecule has 0 aliphatic carbocycles. The van der Waals surface area contributed by atoms with Crippen LogP contribution in [0.4, 0.5) is 5.82 Å². The molecule has 17 heavy (non-hydrogen) atoms. The summed E-state index contributed by atoms with van der Waals surface area (Å²) in [5.74, 6) is 0.694. The molecule has 1 aliphatic heterocycles. The summed E-state index contributed by atoms with van der Waals surface area (Å²) < 4.78 is 0. The average molecular weight is 272 g/mol. The van der Waals surface area contributed by atoms with E-state index in [9.17, 15) is 5.11 Å². The predicted octanol–water partition coefficient (Wildman–Crippen LogP) is 2.41. The van der Waals surface area contributed by atoms with E-state index in [1.807, 2.05) is 25.0 Å². The summed E-state index contributed by atoms with van der Waals surface area (Å²) in [6, 6.07) is 0.134. The molecule has 0 spiro atoms. The molecule has 6 heteroatoms. The van der Waals surface area contributed by atoms with E-state index in [-0.39, 0.29) is 6.04 Å². The summed E-state index contributed by atoms with van der Waals surface area (Å²) in [6.45, 7) is 4.00. The van der Waals surface area contributed by atoms with Gasteiger partial charge in [-0.2, -0.15) is 0 Å². The van der Waals surface area contributed by atoms with Crippen molar-refractivity contribution in [3.8, 4) is 0 Å². The number of fused-ring (bicyclic) bond motifs is 1. The molecule has 2 rings (SSSR count). The van der Waals surface area contributed by atoms with Crippen molar-refractivity contribution in [2.24, 2.45) is 0 Å². The van der Waals surface area contributed by atoms with Crippen LogP contribution in [0, 0.1) is 0 Å². The molecule has 1 aromatic rings. The second-order valence-electron chi connectivity index (χ2n) is 4.01. The molecule has 1 aliphatic rings. The SMILES string of the molecule is CSc1nc(Cl)c2c(n1)N(C(C)C)C(O)C=C2. The van der Waals surface area contributed by atoms with E-state index >= 15 is 0 Å². The molecule has 0 radical (unpaired) electrons. The summed E-state index contributed by atoms with van der Waals surface area (Å²) in [7, 11) is 0. The number of rotatable bonds is 2. The van der Waals surface area contributed by atoms with E-state index in [0.29, 0.717) is 16.1 Å². The van der Waals surface area contributed by atoms with Gasteiger partial charge in [0.15, 0.2) is 5.16 Å². The average Bonchev–Trinajstić information content (AvgIpc) is 2.27. The van der Waals surface area contributed by atoms with Gasteiger partial charge in [-0.1, -0.05) is 23.4 Å². The van der Waals surface area contributed by atoms with Gasteiger partial charge in [-0.3, -0.25) is 0 Å². The molecule has 1 aromatic heterocycles. The number of aliphatic hydroxyl groups is 1. The fourth-order valence-electron chi connectivity index (χ4n) is 1.79. The van der Waals surface area contributed by atoms with E-state index in [4.69, 9.17) is 11.6 Å². The zero-order chi connectivity index (χ0) is 12.6. The second-order valence-corrected chi connectivity index (χ2v) is 5.14. The Labute approximate surface area is 110 Å². The van der Waals surface area contributed by atoms with Gasteiger partial charge >= 0.3 is 0 Å². The van der Waals surface area contributed by atoms with Crippen molar-refractivity contribution < 1.29 is 5.11 Å². The van der Waals surface area contributed by atoms with Gasteiger partial charge in [-0.25, -0.2) is 9.97 Å². The maximum atomic E-state index is 9.97. The van der Waals surface area contributed by atoms with Crippen LogP contribution in [0.1, 0.15) is 19.4 Å². The molecular formula is C11H14ClN3OS. The van der Waals surface area contributed by atoms with Crippen LogP contribution in [0.2, 0.25) is 5.15 Å². The number of halogens is 1. The van der Waals surface area contributed by atoms with Crippen molar-refractivity contribution in [1.82, 2.24) is 9.97 Å². The Morgan fingerprint density at radius 3 is 2.76 bits per heavy atom. The fourth-order valence-corrected chi connectivity index (χ4v) is 2.43. The van der Waals surface area contributed by atoms with Crippen LogP contribution in [-0.2, 0) is 0 Å². The molecule has 0 bridgehead atoms. The zero-order valence-corrected chi connectivity index (χ0v) is 11.5. The highest BCUT2D eigenvalue weighted by Gasteiger charge is 2.26. The predicted molar refractivity (Wildman–Crippen MR) is 71.5 cm³/mol. The van der Waals surface area contributed by atoms with E-state index in [0.717, 1.165) is 5.56 Å². The summed E-state index contributed by atoms with van der Waals surface area (Å²) in [5, 5.41) is 11.0. The Morgan fingerprint density at radius 1 is 1.47 bits per heavy atom. The normalized spacial score (nSPS) is 18.7. The third-order valence-electron chi connectivity index (χ3n) is 2.56. The first kappa shape index (κ1) is 12.7. The van der Waals surface area contributed by atoms with Crippen molar-refractivity contribution in [2.45, 2.75) is 31.3 Å². The lowest BCUT2D eigenvalue weighted by Gasteiger charge is -2.34. The van der Waals surface area contributed by atoms with Crippen LogP contribution in [0.25, 0.3) is 6.08 Å². The summed E-state index contributed by atoms with van der Waals surface area (Å²) in [4.78, 5) is 10.4. The minimum absolute atomic E-state index is 0.134. The van der Waals surface area contributed by atoms with E-state index < -0.39 is 6.23 Å². The molecule has 0 saturated heterocycles. The molecule has 0 saturated carbocycles. The smallest absolute Gasteiger partial charge is 0.190 e. The number of hydrogen-bond acceptors (Lipinski definition) is 5. The molecule has 4 nitrogen and oxygen atoms in total. The largest absolute Gasteiger partial charge is 0.370 e. The van der Waals surface area contributed by atoms with Crippen molar-refractivity contribution in [1.29, 1.82) is 0 Å². The third kappa shape index (κ3) is 2.27. The first-order chi connectivity index (χ1) is 8.04. The lowest BCUT2D eigenvalue weighted by atomic mass is 10.1. The molecule has 2 heterocycles. The molecule has 92 valence electrons. The molecule has 0 fully saturated rings. The van der Waals surface area contributed by atoms with Gasteiger partial charge in [-0.15, -0.1) is 0 Å². The number of thioether (sulfide) groups is 1. The highest BCUT2D eigenvalue weighted by Crippen LogP contribution is 2.33. The summed E-state index contributed by atoms with van der Waals surface area (Å²) in [6.07, 6.45) is 4.69. The minimum Gasteiger partial charge on any atom is -0.370 e. The Bertz CT molecular complexity index is 464. The first-order valence-corrected chi connectivity index (χ1v) is 6.91. The third-order valence-corrected chi connectivity index (χ3v) is 3.40. The molecule has 1 N–H and O–H groups in total.